The van der Waals surface area contributed by atoms with Crippen molar-refractivity contribution >= 4 is 22.1 Å². The minimum atomic E-state index is -3.74. The summed E-state index contributed by atoms with van der Waals surface area (Å²) in [6, 6.07) is 0. The number of carboxylic acid groups (broad SMARTS) is 1. The molecule has 0 bridgehead atoms. The van der Waals surface area contributed by atoms with Gasteiger partial charge in [0.25, 0.3) is 10.2 Å². The van der Waals surface area contributed by atoms with Crippen LogP contribution in [0.4, 0.5) is 0 Å². The molecule has 1 aliphatic rings. The number of piperazine rings is 1. The minimum absolute atomic E-state index is 0.0149. The molecule has 0 radical (unpaired) electrons. The van der Waals surface area contributed by atoms with Crippen LogP contribution in [-0.2, 0) is 19.8 Å². The average molecular weight is 291 g/mol. The fourth-order valence-electron chi connectivity index (χ4n) is 1.70. The third-order valence-corrected chi connectivity index (χ3v) is 4.17. The van der Waals surface area contributed by atoms with E-state index in [-0.39, 0.29) is 37.3 Å². The summed E-state index contributed by atoms with van der Waals surface area (Å²) in [6.07, 6.45) is 0. The van der Waals surface area contributed by atoms with Crippen molar-refractivity contribution < 1.29 is 23.1 Å². The van der Waals surface area contributed by atoms with E-state index in [9.17, 15) is 18.0 Å². The summed E-state index contributed by atoms with van der Waals surface area (Å²) in [4.78, 5) is 24.2. The number of amides is 1. The third kappa shape index (κ3) is 3.75. The summed E-state index contributed by atoms with van der Waals surface area (Å²) >= 11 is 0. The van der Waals surface area contributed by atoms with E-state index in [0.29, 0.717) is 0 Å². The van der Waals surface area contributed by atoms with E-state index in [2.05, 4.69) is 0 Å². The Kier molecular flexibility index (Phi) is 4.66. The van der Waals surface area contributed by atoms with Crippen molar-refractivity contribution in [1.29, 1.82) is 0 Å². The first-order valence-corrected chi connectivity index (χ1v) is 7.13. The second kappa shape index (κ2) is 5.68. The third-order valence-electron chi connectivity index (χ3n) is 3.09. The van der Waals surface area contributed by atoms with Crippen LogP contribution in [-0.4, -0.2) is 60.8 Å². The number of carbonyl (C=O) groups is 2. The molecule has 0 unspecified atom stereocenters. The maximum Gasteiger partial charge on any atom is 0.331 e. The molecule has 0 aromatic heterocycles. The average Bonchev–Trinajstić information content (AvgIpc) is 2.35. The summed E-state index contributed by atoms with van der Waals surface area (Å²) in [5.74, 6) is -1.54. The van der Waals surface area contributed by atoms with E-state index >= 15 is 0 Å². The first-order valence-electron chi connectivity index (χ1n) is 5.62. The quantitative estimate of drug-likeness (QED) is 0.630. The number of aliphatic carboxylic acids is 1. The predicted molar refractivity (Wildman–Crippen MR) is 67.3 cm³/mol. The summed E-state index contributed by atoms with van der Waals surface area (Å²) in [6.45, 7) is 3.42. The van der Waals surface area contributed by atoms with Gasteiger partial charge in [0, 0.05) is 37.3 Å². The fraction of sp³-hybridized carbons (Fsp3) is 0.600. The smallest absolute Gasteiger partial charge is 0.331 e. The highest BCUT2D eigenvalue weighted by molar-refractivity contribution is 7.86. The van der Waals surface area contributed by atoms with Crippen molar-refractivity contribution in [3.8, 4) is 0 Å². The van der Waals surface area contributed by atoms with Gasteiger partial charge in [0.1, 0.15) is 0 Å². The summed E-state index contributed by atoms with van der Waals surface area (Å²) in [5, 5.41) is 13.8. The Morgan fingerprint density at radius 3 is 1.89 bits per heavy atom. The highest BCUT2D eigenvalue weighted by atomic mass is 32.2. The van der Waals surface area contributed by atoms with Crippen LogP contribution in [0.2, 0.25) is 0 Å². The van der Waals surface area contributed by atoms with Gasteiger partial charge in [0.2, 0.25) is 5.91 Å². The predicted octanol–water partition coefficient (Wildman–Crippen LogP) is -1.24. The van der Waals surface area contributed by atoms with E-state index in [1.165, 1.54) is 18.7 Å². The van der Waals surface area contributed by atoms with E-state index in [1.54, 1.807) is 0 Å². The SMILES string of the molecule is C/C(C(=O)O)=C(\C)C(=O)N1CCN(S(N)(=O)=O)CC1. The highest BCUT2D eigenvalue weighted by Crippen LogP contribution is 2.11. The molecule has 0 atom stereocenters. The van der Waals surface area contributed by atoms with Gasteiger partial charge >= 0.3 is 5.97 Å². The Morgan fingerprint density at radius 1 is 1.05 bits per heavy atom. The monoisotopic (exact) mass is 291 g/mol. The fourth-order valence-corrected chi connectivity index (χ4v) is 2.38. The molecule has 1 amide bonds. The Morgan fingerprint density at radius 2 is 1.53 bits per heavy atom. The van der Waals surface area contributed by atoms with Crippen molar-refractivity contribution in [3.63, 3.8) is 0 Å². The molecule has 8 nitrogen and oxygen atoms in total. The maximum atomic E-state index is 12.0. The van der Waals surface area contributed by atoms with Crippen molar-refractivity contribution in [2.75, 3.05) is 26.2 Å². The number of carboxylic acids is 1. The Hall–Kier alpha value is -1.45. The van der Waals surface area contributed by atoms with Crippen LogP contribution in [0.25, 0.3) is 0 Å². The van der Waals surface area contributed by atoms with Crippen LogP contribution in [0.15, 0.2) is 11.1 Å². The number of rotatable bonds is 3. The van der Waals surface area contributed by atoms with Gasteiger partial charge in [0.05, 0.1) is 0 Å². The first-order chi connectivity index (χ1) is 8.64. The zero-order valence-corrected chi connectivity index (χ0v) is 11.6. The topological polar surface area (TPSA) is 121 Å². The van der Waals surface area contributed by atoms with Gasteiger partial charge in [-0.1, -0.05) is 0 Å². The number of carbonyl (C=O) groups excluding carboxylic acids is 1. The molecular weight excluding hydrogens is 274 g/mol. The normalized spacial score (nSPS) is 19.0. The van der Waals surface area contributed by atoms with Gasteiger partial charge < -0.3 is 10.0 Å². The van der Waals surface area contributed by atoms with Crippen LogP contribution in [0.5, 0.6) is 0 Å². The van der Waals surface area contributed by atoms with Gasteiger partial charge in [-0.2, -0.15) is 12.7 Å². The molecule has 0 saturated carbocycles. The minimum Gasteiger partial charge on any atom is -0.478 e. The zero-order valence-electron chi connectivity index (χ0n) is 10.8. The number of hydrogen-bond donors (Lipinski definition) is 2. The lowest BCUT2D eigenvalue weighted by molar-refractivity contribution is -0.134. The van der Waals surface area contributed by atoms with Crippen LogP contribution < -0.4 is 5.14 Å². The molecule has 1 fully saturated rings. The van der Waals surface area contributed by atoms with E-state index in [4.69, 9.17) is 10.2 Å². The lowest BCUT2D eigenvalue weighted by atomic mass is 10.1. The molecule has 19 heavy (non-hydrogen) atoms. The van der Waals surface area contributed by atoms with Crippen LogP contribution in [0.3, 0.4) is 0 Å². The molecule has 3 N–H and O–H groups in total. The van der Waals surface area contributed by atoms with E-state index in [0.717, 1.165) is 4.31 Å². The standard InChI is InChI=1S/C10H17N3O5S/c1-7(8(2)10(15)16)9(14)12-3-5-13(6-4-12)19(11,17)18/h3-6H2,1-2H3,(H,15,16)(H2,11,17,18)/b8-7-. The first kappa shape index (κ1) is 15.6. The molecule has 0 aromatic rings. The zero-order chi connectivity index (χ0) is 14.8. The van der Waals surface area contributed by atoms with E-state index < -0.39 is 22.1 Å². The molecule has 0 aromatic carbocycles. The second-order valence-corrected chi connectivity index (χ2v) is 5.84. The molecule has 108 valence electrons. The van der Waals surface area contributed by atoms with Crippen LogP contribution in [0, 0.1) is 0 Å². The molecule has 1 heterocycles. The van der Waals surface area contributed by atoms with Crippen molar-refractivity contribution in [1.82, 2.24) is 9.21 Å². The van der Waals surface area contributed by atoms with Gasteiger partial charge in [-0.25, -0.2) is 9.93 Å². The molecule has 0 aliphatic carbocycles. The molecule has 0 spiro atoms. The number of nitrogens with zero attached hydrogens (tertiary/aromatic N) is 2. The maximum absolute atomic E-state index is 12.0. The van der Waals surface area contributed by atoms with Gasteiger partial charge in [0.15, 0.2) is 0 Å². The van der Waals surface area contributed by atoms with Crippen molar-refractivity contribution in [2.24, 2.45) is 5.14 Å². The molecular formula is C10H17N3O5S. The van der Waals surface area contributed by atoms with Crippen molar-refractivity contribution in [3.05, 3.63) is 11.1 Å². The lowest BCUT2D eigenvalue weighted by Gasteiger charge is -2.33. The van der Waals surface area contributed by atoms with Crippen molar-refractivity contribution in [2.45, 2.75) is 13.8 Å². The lowest BCUT2D eigenvalue weighted by Crippen LogP contribution is -2.52. The molecule has 9 heteroatoms. The van der Waals surface area contributed by atoms with Gasteiger partial charge in [-0.3, -0.25) is 4.79 Å². The number of hydrogen-bond acceptors (Lipinski definition) is 4. The molecule has 1 saturated heterocycles. The van der Waals surface area contributed by atoms with E-state index in [1.807, 2.05) is 0 Å². The summed E-state index contributed by atoms with van der Waals surface area (Å²) < 4.78 is 23.3. The molecule has 1 rings (SSSR count). The van der Waals surface area contributed by atoms with Gasteiger partial charge in [-0.05, 0) is 13.8 Å². The van der Waals surface area contributed by atoms with Crippen LogP contribution in [0.1, 0.15) is 13.8 Å². The van der Waals surface area contributed by atoms with Crippen LogP contribution >= 0.6 is 0 Å². The summed E-state index contributed by atoms with van der Waals surface area (Å²) in [7, 11) is -3.74. The number of nitrogens with two attached hydrogens (primary N) is 1. The molecule has 1 aliphatic heterocycles. The Labute approximate surface area is 111 Å². The second-order valence-electron chi connectivity index (χ2n) is 4.29. The van der Waals surface area contributed by atoms with Gasteiger partial charge in [-0.15, -0.1) is 0 Å². The largest absolute Gasteiger partial charge is 0.478 e. The Bertz CT molecular complexity index is 517. The Balaban J connectivity index is 2.74. The highest BCUT2D eigenvalue weighted by Gasteiger charge is 2.27. The summed E-state index contributed by atoms with van der Waals surface area (Å²) in [5.41, 5.74) is 0.135.